The number of ether oxygens (including phenoxy) is 2. The number of Topliss-reactive ketones (excluding diaryl/α,β-unsaturated/α-hetero) is 1. The molecule has 4 aromatic rings. The van der Waals surface area contributed by atoms with Gasteiger partial charge in [-0.3, -0.25) is 14.5 Å². The highest BCUT2D eigenvalue weighted by Gasteiger charge is 2.48. The number of ketones is 1. The Kier molecular flexibility index (Phi) is 6.43. The van der Waals surface area contributed by atoms with Crippen LogP contribution in [0.5, 0.6) is 11.5 Å². The Morgan fingerprint density at radius 2 is 1.67 bits per heavy atom. The second kappa shape index (κ2) is 9.83. The number of aromatic nitrogens is 1. The lowest BCUT2D eigenvalue weighted by Crippen LogP contribution is -2.29. The quantitative estimate of drug-likeness (QED) is 0.198. The van der Waals surface area contributed by atoms with Gasteiger partial charge in [-0.1, -0.05) is 53.8 Å². The number of aliphatic hydroxyl groups excluding tert-OH is 1. The summed E-state index contributed by atoms with van der Waals surface area (Å²) >= 11 is 1.29. The number of amides is 1. The minimum atomic E-state index is -0.839. The van der Waals surface area contributed by atoms with Crippen LogP contribution in [-0.4, -0.2) is 35.0 Å². The number of hydrogen-bond donors (Lipinski definition) is 1. The van der Waals surface area contributed by atoms with Gasteiger partial charge in [0.25, 0.3) is 5.78 Å². The first kappa shape index (κ1) is 23.6. The fourth-order valence-electron chi connectivity index (χ4n) is 4.29. The Hall–Kier alpha value is -4.17. The monoisotopic (exact) mass is 500 g/mol. The second-order valence-electron chi connectivity index (χ2n) is 8.10. The standard InChI is InChI=1S/C28H24N2O5S/c1-3-34-19-12-8-11-18(15-19)25(31)23-24(17-9-6-5-7-10-17)30(27(33)26(23)32)28-29-21-14-13-20(35-4-2)16-22(21)36-28/h5-16,24,31H,3-4H2,1-2H3. The van der Waals surface area contributed by atoms with E-state index in [0.29, 0.717) is 46.5 Å². The summed E-state index contributed by atoms with van der Waals surface area (Å²) in [7, 11) is 0. The van der Waals surface area contributed by atoms with E-state index in [1.54, 1.807) is 24.3 Å². The number of hydrogen-bond acceptors (Lipinski definition) is 7. The van der Waals surface area contributed by atoms with Crippen LogP contribution in [0.4, 0.5) is 5.13 Å². The van der Waals surface area contributed by atoms with Gasteiger partial charge in [-0.25, -0.2) is 4.98 Å². The summed E-state index contributed by atoms with van der Waals surface area (Å²) in [5.74, 6) is -0.502. The molecule has 182 valence electrons. The van der Waals surface area contributed by atoms with E-state index in [-0.39, 0.29) is 11.3 Å². The highest BCUT2D eigenvalue weighted by Crippen LogP contribution is 2.44. The number of rotatable bonds is 7. The fraction of sp³-hybridized carbons (Fsp3) is 0.179. The van der Waals surface area contributed by atoms with Gasteiger partial charge >= 0.3 is 5.91 Å². The van der Waals surface area contributed by atoms with Gasteiger partial charge in [-0.05, 0) is 49.7 Å². The summed E-state index contributed by atoms with van der Waals surface area (Å²) in [5, 5.41) is 11.7. The molecule has 0 bridgehead atoms. The number of benzene rings is 3. The maximum Gasteiger partial charge on any atom is 0.301 e. The van der Waals surface area contributed by atoms with Crippen LogP contribution < -0.4 is 14.4 Å². The molecule has 8 heteroatoms. The summed E-state index contributed by atoms with van der Waals surface area (Å²) in [6, 6.07) is 20.7. The molecule has 1 atom stereocenters. The Balaban J connectivity index is 1.67. The molecule has 1 aromatic heterocycles. The van der Waals surface area contributed by atoms with Crippen molar-refractivity contribution in [3.05, 3.63) is 89.5 Å². The molecular weight excluding hydrogens is 476 g/mol. The number of carbonyl (C=O) groups excluding carboxylic acids is 2. The molecule has 0 radical (unpaired) electrons. The molecule has 2 heterocycles. The Labute approximate surface area is 212 Å². The molecule has 1 amide bonds. The highest BCUT2D eigenvalue weighted by atomic mass is 32.1. The highest BCUT2D eigenvalue weighted by molar-refractivity contribution is 7.22. The van der Waals surface area contributed by atoms with Crippen LogP contribution in [0.2, 0.25) is 0 Å². The molecule has 0 saturated carbocycles. The second-order valence-corrected chi connectivity index (χ2v) is 9.11. The molecule has 1 unspecified atom stereocenters. The van der Waals surface area contributed by atoms with Crippen LogP contribution in [0.25, 0.3) is 16.0 Å². The Morgan fingerprint density at radius 1 is 0.944 bits per heavy atom. The van der Waals surface area contributed by atoms with Crippen LogP contribution in [0.1, 0.15) is 31.0 Å². The largest absolute Gasteiger partial charge is 0.507 e. The van der Waals surface area contributed by atoms with Crippen LogP contribution in [-0.2, 0) is 9.59 Å². The van der Waals surface area contributed by atoms with E-state index < -0.39 is 17.7 Å². The molecule has 1 fully saturated rings. The topological polar surface area (TPSA) is 89.0 Å². The Morgan fingerprint density at radius 3 is 2.39 bits per heavy atom. The zero-order chi connectivity index (χ0) is 25.2. The van der Waals surface area contributed by atoms with Gasteiger partial charge in [0.2, 0.25) is 0 Å². The summed E-state index contributed by atoms with van der Waals surface area (Å²) in [4.78, 5) is 32.8. The van der Waals surface area contributed by atoms with E-state index in [0.717, 1.165) is 4.70 Å². The number of thiazole rings is 1. The fourth-order valence-corrected chi connectivity index (χ4v) is 5.31. The first-order valence-electron chi connectivity index (χ1n) is 11.6. The third-order valence-electron chi connectivity index (χ3n) is 5.84. The molecule has 3 aromatic carbocycles. The normalized spacial score (nSPS) is 17.1. The lowest BCUT2D eigenvalue weighted by Gasteiger charge is -2.23. The molecular formula is C28H24N2O5S. The van der Waals surface area contributed by atoms with Gasteiger partial charge in [0, 0.05) is 5.56 Å². The molecule has 1 N–H and O–H groups in total. The van der Waals surface area contributed by atoms with Crippen LogP contribution in [0, 0.1) is 0 Å². The van der Waals surface area contributed by atoms with Crippen molar-refractivity contribution < 1.29 is 24.2 Å². The average molecular weight is 501 g/mol. The Bertz CT molecular complexity index is 1480. The number of anilines is 1. The maximum absolute atomic E-state index is 13.4. The van der Waals surface area contributed by atoms with Gasteiger partial charge in [0.05, 0.1) is 35.0 Å². The number of carbonyl (C=O) groups is 2. The van der Waals surface area contributed by atoms with E-state index in [2.05, 4.69) is 4.98 Å². The minimum absolute atomic E-state index is 0.00844. The number of fused-ring (bicyclic) bond motifs is 1. The van der Waals surface area contributed by atoms with Crippen molar-refractivity contribution in [3.63, 3.8) is 0 Å². The van der Waals surface area contributed by atoms with E-state index in [9.17, 15) is 14.7 Å². The third-order valence-corrected chi connectivity index (χ3v) is 6.86. The van der Waals surface area contributed by atoms with Crippen LogP contribution in [0.15, 0.2) is 78.4 Å². The van der Waals surface area contributed by atoms with Gasteiger partial charge in [0.1, 0.15) is 17.3 Å². The molecule has 0 aliphatic carbocycles. The predicted octanol–water partition coefficient (Wildman–Crippen LogP) is 5.72. The lowest BCUT2D eigenvalue weighted by atomic mass is 9.95. The smallest absolute Gasteiger partial charge is 0.301 e. The number of aliphatic hydroxyl groups is 1. The lowest BCUT2D eigenvalue weighted by molar-refractivity contribution is -0.132. The molecule has 0 spiro atoms. The van der Waals surface area contributed by atoms with Gasteiger partial charge in [-0.2, -0.15) is 0 Å². The first-order chi connectivity index (χ1) is 17.5. The van der Waals surface area contributed by atoms with E-state index in [4.69, 9.17) is 9.47 Å². The maximum atomic E-state index is 13.4. The molecule has 7 nitrogen and oxygen atoms in total. The predicted molar refractivity (Wildman–Crippen MR) is 140 cm³/mol. The molecule has 1 aliphatic heterocycles. The summed E-state index contributed by atoms with van der Waals surface area (Å²) in [6.07, 6.45) is 0. The molecule has 5 rings (SSSR count). The molecule has 36 heavy (non-hydrogen) atoms. The van der Waals surface area contributed by atoms with Gasteiger partial charge in [-0.15, -0.1) is 0 Å². The summed E-state index contributed by atoms with van der Waals surface area (Å²) < 4.78 is 12.0. The first-order valence-corrected chi connectivity index (χ1v) is 12.5. The van der Waals surface area contributed by atoms with Crippen LogP contribution >= 0.6 is 11.3 Å². The van der Waals surface area contributed by atoms with Crippen molar-refractivity contribution in [1.82, 2.24) is 4.98 Å². The van der Waals surface area contributed by atoms with E-state index in [1.807, 2.05) is 62.4 Å². The third kappa shape index (κ3) is 4.20. The molecule has 1 aliphatic rings. The SMILES string of the molecule is CCOc1cccc(C(O)=C2C(=O)C(=O)N(c3nc4ccc(OCC)cc4s3)C2c2ccccc2)c1. The zero-order valence-corrected chi connectivity index (χ0v) is 20.6. The zero-order valence-electron chi connectivity index (χ0n) is 19.8. The molecule has 1 saturated heterocycles. The van der Waals surface area contributed by atoms with Crippen molar-refractivity contribution in [2.45, 2.75) is 19.9 Å². The summed E-state index contributed by atoms with van der Waals surface area (Å²) in [6.45, 7) is 4.76. The van der Waals surface area contributed by atoms with Crippen molar-refractivity contribution in [2.75, 3.05) is 18.1 Å². The van der Waals surface area contributed by atoms with Gasteiger partial charge < -0.3 is 14.6 Å². The minimum Gasteiger partial charge on any atom is -0.507 e. The van der Waals surface area contributed by atoms with Crippen molar-refractivity contribution in [1.29, 1.82) is 0 Å². The van der Waals surface area contributed by atoms with Crippen molar-refractivity contribution in [2.24, 2.45) is 0 Å². The average Bonchev–Trinajstić information content (AvgIpc) is 3.42. The van der Waals surface area contributed by atoms with Crippen LogP contribution in [0.3, 0.4) is 0 Å². The van der Waals surface area contributed by atoms with E-state index >= 15 is 0 Å². The van der Waals surface area contributed by atoms with Crippen molar-refractivity contribution in [3.8, 4) is 11.5 Å². The van der Waals surface area contributed by atoms with E-state index in [1.165, 1.54) is 16.2 Å². The summed E-state index contributed by atoms with van der Waals surface area (Å²) in [5.41, 5.74) is 1.78. The van der Waals surface area contributed by atoms with Gasteiger partial charge in [0.15, 0.2) is 5.13 Å². The van der Waals surface area contributed by atoms with Crippen molar-refractivity contribution >= 4 is 44.1 Å². The number of nitrogens with zero attached hydrogens (tertiary/aromatic N) is 2.